The van der Waals surface area contributed by atoms with Crippen LogP contribution >= 0.6 is 0 Å². The Morgan fingerprint density at radius 2 is 1.82 bits per heavy atom. The first-order valence-corrected chi connectivity index (χ1v) is 12.8. The summed E-state index contributed by atoms with van der Waals surface area (Å²) in [5.41, 5.74) is 2.79. The quantitative estimate of drug-likeness (QED) is 0.350. The molecular weight excluding hydrogens is 483 g/mol. The van der Waals surface area contributed by atoms with Gasteiger partial charge >= 0.3 is 0 Å². The van der Waals surface area contributed by atoms with E-state index in [9.17, 15) is 9.18 Å². The zero-order chi connectivity index (χ0) is 25.8. The van der Waals surface area contributed by atoms with Crippen LogP contribution in [0.5, 0.6) is 11.6 Å². The van der Waals surface area contributed by atoms with Gasteiger partial charge in [0.1, 0.15) is 11.3 Å². The van der Waals surface area contributed by atoms with E-state index in [2.05, 4.69) is 9.88 Å². The average molecular weight is 509 g/mol. The van der Waals surface area contributed by atoms with Crippen molar-refractivity contribution in [2.24, 2.45) is 4.99 Å². The molecule has 38 heavy (non-hydrogen) atoms. The molecule has 0 saturated heterocycles. The van der Waals surface area contributed by atoms with E-state index < -0.39 is 5.95 Å². The molecule has 8 nitrogen and oxygen atoms in total. The molecule has 1 fully saturated rings. The lowest BCUT2D eigenvalue weighted by molar-refractivity contribution is 0.0862. The van der Waals surface area contributed by atoms with Gasteiger partial charge in [-0.05, 0) is 49.1 Å². The topological polar surface area (TPSA) is 75.8 Å². The van der Waals surface area contributed by atoms with E-state index in [1.54, 1.807) is 28.8 Å². The number of para-hydroxylation sites is 1. The third-order valence-corrected chi connectivity index (χ3v) is 7.46. The number of rotatable bonds is 5. The summed E-state index contributed by atoms with van der Waals surface area (Å²) in [5.74, 6) is 1.60. The number of benzene rings is 2. The first-order chi connectivity index (χ1) is 18.6. The average Bonchev–Trinajstić information content (AvgIpc) is 3.62. The number of amides is 1. The first-order valence-electron chi connectivity index (χ1n) is 12.8. The van der Waals surface area contributed by atoms with Crippen LogP contribution in [0.2, 0.25) is 0 Å². The Hall–Kier alpha value is -4.53. The zero-order valence-corrected chi connectivity index (χ0v) is 20.8. The van der Waals surface area contributed by atoms with Crippen molar-refractivity contribution >= 4 is 17.7 Å². The second-order valence-corrected chi connectivity index (χ2v) is 9.85. The monoisotopic (exact) mass is 508 g/mol. The third kappa shape index (κ3) is 3.65. The number of carbonyl (C=O) groups is 1. The van der Waals surface area contributed by atoms with Crippen molar-refractivity contribution in [3.05, 3.63) is 89.9 Å². The van der Waals surface area contributed by atoms with Crippen molar-refractivity contribution < 1.29 is 13.9 Å². The van der Waals surface area contributed by atoms with Crippen LogP contribution in [0, 0.1) is 5.95 Å². The number of halogens is 1. The fourth-order valence-corrected chi connectivity index (χ4v) is 5.61. The minimum Gasteiger partial charge on any atom is -0.438 e. The lowest BCUT2D eigenvalue weighted by atomic mass is 10.1. The molecule has 0 N–H and O–H groups in total. The Kier molecular flexibility index (Phi) is 5.24. The summed E-state index contributed by atoms with van der Waals surface area (Å²) in [7, 11) is 1.76. The fraction of sp³-hybridized carbons (Fsp3) is 0.241. The van der Waals surface area contributed by atoms with Crippen LogP contribution in [-0.2, 0) is 6.54 Å². The molecule has 1 amide bonds. The van der Waals surface area contributed by atoms with Crippen molar-refractivity contribution in [1.29, 1.82) is 0 Å². The molecule has 1 aliphatic carbocycles. The molecule has 2 aromatic carbocycles. The highest BCUT2D eigenvalue weighted by atomic mass is 19.1. The molecule has 0 bridgehead atoms. The Labute approximate surface area is 219 Å². The van der Waals surface area contributed by atoms with Crippen molar-refractivity contribution in [2.75, 3.05) is 11.9 Å². The predicted molar refractivity (Wildman–Crippen MR) is 141 cm³/mol. The van der Waals surface area contributed by atoms with E-state index in [-0.39, 0.29) is 18.0 Å². The molecule has 2 atom stereocenters. The number of nitrogens with zero attached hydrogens (tertiary/aromatic N) is 6. The van der Waals surface area contributed by atoms with Gasteiger partial charge in [0.2, 0.25) is 17.8 Å². The van der Waals surface area contributed by atoms with Gasteiger partial charge in [-0.3, -0.25) is 14.6 Å². The van der Waals surface area contributed by atoms with E-state index in [0.717, 1.165) is 30.4 Å². The van der Waals surface area contributed by atoms with Crippen LogP contribution in [-0.4, -0.2) is 50.7 Å². The number of fused-ring (bicyclic) bond motifs is 5. The van der Waals surface area contributed by atoms with Crippen molar-refractivity contribution in [3.63, 3.8) is 0 Å². The smallest absolute Gasteiger partial charge is 0.269 e. The number of aliphatic imine (C=N–C) groups is 1. The molecule has 9 heteroatoms. The number of aromatic nitrogens is 3. The van der Waals surface area contributed by atoms with E-state index in [1.165, 1.54) is 6.07 Å². The zero-order valence-electron chi connectivity index (χ0n) is 20.8. The molecular formula is C29H25FN6O2. The van der Waals surface area contributed by atoms with E-state index >= 15 is 0 Å². The van der Waals surface area contributed by atoms with Gasteiger partial charge < -0.3 is 4.74 Å². The summed E-state index contributed by atoms with van der Waals surface area (Å²) >= 11 is 0. The number of hydrogen-bond acceptors (Lipinski definition) is 6. The highest BCUT2D eigenvalue weighted by molar-refractivity contribution is 6.20. The number of hydrogen-bond donors (Lipinski definition) is 0. The summed E-state index contributed by atoms with van der Waals surface area (Å²) in [6, 6.07) is 22.3. The standard InChI is InChI=1S/C29H25FN6O2/c1-34-27(37)25-26(36-23-11-5-10-22(23)32-29(34)36)33-35(28(25)38-20-7-3-2-4-8-20)17-18-13-15-19(16-14-18)21-9-6-12-24(30)31-21/h2-4,6-9,12-16,22-23H,5,10-11,17H2,1H3. The molecule has 2 aliphatic heterocycles. The second-order valence-electron chi connectivity index (χ2n) is 9.85. The van der Waals surface area contributed by atoms with E-state index in [0.29, 0.717) is 41.2 Å². The number of guanidine groups is 1. The first kappa shape index (κ1) is 22.7. The molecule has 3 aliphatic rings. The molecule has 4 aromatic rings. The van der Waals surface area contributed by atoms with Crippen LogP contribution in [0.4, 0.5) is 10.2 Å². The number of carbonyl (C=O) groups excluding carboxylic acids is 1. The Morgan fingerprint density at radius 3 is 2.61 bits per heavy atom. The van der Waals surface area contributed by atoms with Crippen LogP contribution in [0.3, 0.4) is 0 Å². The number of ether oxygens (including phenoxy) is 1. The van der Waals surface area contributed by atoms with Crippen LogP contribution < -0.4 is 9.64 Å². The lowest BCUT2D eigenvalue weighted by Gasteiger charge is -2.33. The van der Waals surface area contributed by atoms with Crippen LogP contribution in [0.1, 0.15) is 35.2 Å². The van der Waals surface area contributed by atoms with Crippen molar-refractivity contribution in [1.82, 2.24) is 19.7 Å². The molecule has 7 rings (SSSR count). The van der Waals surface area contributed by atoms with Gasteiger partial charge in [0.05, 0.1) is 24.3 Å². The summed E-state index contributed by atoms with van der Waals surface area (Å²) in [5, 5.41) is 4.95. The van der Waals surface area contributed by atoms with Gasteiger partial charge in [-0.15, -0.1) is 0 Å². The molecule has 0 spiro atoms. The van der Waals surface area contributed by atoms with Gasteiger partial charge in [-0.2, -0.15) is 9.49 Å². The maximum Gasteiger partial charge on any atom is 0.269 e. The summed E-state index contributed by atoms with van der Waals surface area (Å²) in [6.07, 6.45) is 3.13. The summed E-state index contributed by atoms with van der Waals surface area (Å²) < 4.78 is 21.7. The Bertz CT molecular complexity index is 1570. The van der Waals surface area contributed by atoms with Gasteiger partial charge in [0.25, 0.3) is 5.91 Å². The van der Waals surface area contributed by atoms with Gasteiger partial charge in [0, 0.05) is 12.6 Å². The summed E-state index contributed by atoms with van der Waals surface area (Å²) in [4.78, 5) is 26.2. The van der Waals surface area contributed by atoms with E-state index in [1.807, 2.05) is 54.6 Å². The molecule has 1 saturated carbocycles. The van der Waals surface area contributed by atoms with Crippen molar-refractivity contribution in [3.8, 4) is 22.9 Å². The van der Waals surface area contributed by atoms with Crippen LogP contribution in [0.25, 0.3) is 11.3 Å². The minimum absolute atomic E-state index is 0.179. The predicted octanol–water partition coefficient (Wildman–Crippen LogP) is 5.11. The van der Waals surface area contributed by atoms with Crippen LogP contribution in [0.15, 0.2) is 77.8 Å². The lowest BCUT2D eigenvalue weighted by Crippen LogP contribution is -2.51. The Balaban J connectivity index is 1.29. The maximum atomic E-state index is 13.6. The normalized spacial score (nSPS) is 19.7. The van der Waals surface area contributed by atoms with Gasteiger partial charge in [-0.1, -0.05) is 48.5 Å². The molecule has 2 aromatic heterocycles. The third-order valence-electron chi connectivity index (χ3n) is 7.46. The number of pyridine rings is 1. The minimum atomic E-state index is -0.514. The largest absolute Gasteiger partial charge is 0.438 e. The van der Waals surface area contributed by atoms with Gasteiger partial charge in [-0.25, -0.2) is 14.7 Å². The van der Waals surface area contributed by atoms with E-state index in [4.69, 9.17) is 14.8 Å². The SMILES string of the molecule is CN1C(=O)c2c(nn(Cc3ccc(-c4cccc(F)n4)cc3)c2Oc2ccccc2)N2C1=NC1CCCC12. The fourth-order valence-electron chi connectivity index (χ4n) is 5.61. The van der Waals surface area contributed by atoms with Gasteiger partial charge in [0.15, 0.2) is 5.82 Å². The highest BCUT2D eigenvalue weighted by Crippen LogP contribution is 2.44. The molecule has 0 radical (unpaired) electrons. The highest BCUT2D eigenvalue weighted by Gasteiger charge is 2.49. The van der Waals surface area contributed by atoms with Crippen molar-refractivity contribution in [2.45, 2.75) is 37.9 Å². The Morgan fingerprint density at radius 1 is 1.00 bits per heavy atom. The molecule has 2 unspecified atom stereocenters. The number of anilines is 1. The molecule has 4 heterocycles. The second kappa shape index (κ2) is 8.79. The maximum absolute atomic E-state index is 13.6. The summed E-state index contributed by atoms with van der Waals surface area (Å²) in [6.45, 7) is 0.386. The molecule has 190 valence electrons.